The summed E-state index contributed by atoms with van der Waals surface area (Å²) in [5, 5.41) is 2.75. The third kappa shape index (κ3) is 4.87. The lowest BCUT2D eigenvalue weighted by atomic mass is 10.1. The largest absolute Gasteiger partial charge is 0.352 e. The molecule has 1 amide bonds. The summed E-state index contributed by atoms with van der Waals surface area (Å²) in [6.07, 6.45) is 0.582. The monoisotopic (exact) mass is 350 g/mol. The second-order valence-corrected chi connectivity index (χ2v) is 6.93. The lowest BCUT2D eigenvalue weighted by molar-refractivity contribution is 0.0954. The first-order valence-electron chi connectivity index (χ1n) is 7.55. The highest BCUT2D eigenvalue weighted by atomic mass is 32.2. The molecule has 0 radical (unpaired) electrons. The Labute approximate surface area is 141 Å². The minimum Gasteiger partial charge on any atom is -0.352 e. The van der Waals surface area contributed by atoms with Gasteiger partial charge in [-0.25, -0.2) is 17.5 Å². The lowest BCUT2D eigenvalue weighted by Gasteiger charge is -2.07. The molecule has 0 aliphatic carbocycles. The maximum atomic E-state index is 12.8. The van der Waals surface area contributed by atoms with Gasteiger partial charge in [-0.15, -0.1) is 0 Å². The average molecular weight is 350 g/mol. The van der Waals surface area contributed by atoms with Gasteiger partial charge in [-0.1, -0.05) is 19.1 Å². The van der Waals surface area contributed by atoms with E-state index in [1.807, 2.05) is 0 Å². The number of hydrogen-bond donors (Lipinski definition) is 2. The van der Waals surface area contributed by atoms with E-state index in [1.54, 1.807) is 19.1 Å². The van der Waals surface area contributed by atoms with Crippen molar-refractivity contribution in [2.45, 2.75) is 18.2 Å². The molecule has 0 saturated carbocycles. The minimum atomic E-state index is -3.52. The zero-order valence-corrected chi connectivity index (χ0v) is 14.1. The van der Waals surface area contributed by atoms with E-state index in [1.165, 1.54) is 36.4 Å². The number of hydrogen-bond acceptors (Lipinski definition) is 3. The van der Waals surface area contributed by atoms with Crippen LogP contribution in [-0.2, 0) is 16.4 Å². The molecular formula is C17H19FN2O3S. The smallest absolute Gasteiger partial charge is 0.251 e. The summed E-state index contributed by atoms with van der Waals surface area (Å²) >= 11 is 0. The first-order valence-corrected chi connectivity index (χ1v) is 9.03. The number of sulfonamides is 1. The van der Waals surface area contributed by atoms with Crippen LogP contribution in [0.15, 0.2) is 53.4 Å². The third-order valence-corrected chi connectivity index (χ3v) is 4.94. The first kappa shape index (κ1) is 18.1. The molecule has 128 valence electrons. The molecule has 0 atom stereocenters. The summed E-state index contributed by atoms with van der Waals surface area (Å²) in [6, 6.07) is 11.8. The predicted octanol–water partition coefficient (Wildman–Crippen LogP) is 2.10. The molecule has 0 bridgehead atoms. The van der Waals surface area contributed by atoms with Crippen molar-refractivity contribution in [3.63, 3.8) is 0 Å². The van der Waals surface area contributed by atoms with Crippen LogP contribution in [0, 0.1) is 5.82 Å². The summed E-state index contributed by atoms with van der Waals surface area (Å²) < 4.78 is 38.9. The van der Waals surface area contributed by atoms with E-state index in [9.17, 15) is 17.6 Å². The molecular weight excluding hydrogens is 331 g/mol. The molecule has 2 aromatic rings. The van der Waals surface area contributed by atoms with Crippen LogP contribution < -0.4 is 10.0 Å². The van der Waals surface area contributed by atoms with E-state index in [-0.39, 0.29) is 16.6 Å². The van der Waals surface area contributed by atoms with Gasteiger partial charge in [0.25, 0.3) is 5.91 Å². The van der Waals surface area contributed by atoms with E-state index in [2.05, 4.69) is 10.0 Å². The maximum absolute atomic E-state index is 12.8. The van der Waals surface area contributed by atoms with E-state index in [0.29, 0.717) is 25.1 Å². The lowest BCUT2D eigenvalue weighted by Crippen LogP contribution is -2.26. The van der Waals surface area contributed by atoms with Crippen LogP contribution in [0.3, 0.4) is 0 Å². The van der Waals surface area contributed by atoms with Crippen LogP contribution in [0.5, 0.6) is 0 Å². The van der Waals surface area contributed by atoms with Gasteiger partial charge in [0.2, 0.25) is 10.0 Å². The van der Waals surface area contributed by atoms with E-state index in [0.717, 1.165) is 5.56 Å². The topological polar surface area (TPSA) is 75.3 Å². The molecule has 0 aromatic heterocycles. The number of rotatable bonds is 7. The van der Waals surface area contributed by atoms with Crippen LogP contribution in [0.25, 0.3) is 0 Å². The first-order chi connectivity index (χ1) is 11.4. The van der Waals surface area contributed by atoms with Crippen LogP contribution in [0.1, 0.15) is 22.8 Å². The van der Waals surface area contributed by atoms with Crippen LogP contribution in [0.4, 0.5) is 4.39 Å². The Morgan fingerprint density at radius 1 is 1.04 bits per heavy atom. The number of benzene rings is 2. The number of amides is 1. The summed E-state index contributed by atoms with van der Waals surface area (Å²) in [5.41, 5.74) is 1.30. The Kier molecular flexibility index (Phi) is 6.05. The van der Waals surface area contributed by atoms with Gasteiger partial charge in [0, 0.05) is 18.7 Å². The normalized spacial score (nSPS) is 11.2. The van der Waals surface area contributed by atoms with Crippen molar-refractivity contribution in [3.8, 4) is 0 Å². The Morgan fingerprint density at radius 2 is 1.67 bits per heavy atom. The van der Waals surface area contributed by atoms with Crippen molar-refractivity contribution in [1.29, 1.82) is 0 Å². The van der Waals surface area contributed by atoms with Crippen molar-refractivity contribution < 1.29 is 17.6 Å². The predicted molar refractivity (Wildman–Crippen MR) is 89.7 cm³/mol. The number of carbonyl (C=O) groups excluding carboxylic acids is 1. The fourth-order valence-electron chi connectivity index (χ4n) is 2.13. The molecule has 2 aromatic carbocycles. The van der Waals surface area contributed by atoms with E-state index >= 15 is 0 Å². The molecule has 2 rings (SSSR count). The van der Waals surface area contributed by atoms with E-state index < -0.39 is 10.0 Å². The van der Waals surface area contributed by atoms with Crippen LogP contribution >= 0.6 is 0 Å². The van der Waals surface area contributed by atoms with Crippen molar-refractivity contribution in [1.82, 2.24) is 10.0 Å². The molecule has 0 aliphatic rings. The van der Waals surface area contributed by atoms with E-state index in [4.69, 9.17) is 0 Å². The zero-order valence-electron chi connectivity index (χ0n) is 13.3. The van der Waals surface area contributed by atoms with Crippen molar-refractivity contribution >= 4 is 15.9 Å². The second-order valence-electron chi connectivity index (χ2n) is 5.16. The molecule has 0 fully saturated rings. The fraction of sp³-hybridized carbons (Fsp3) is 0.235. The summed E-state index contributed by atoms with van der Waals surface area (Å²) in [4.78, 5) is 12.2. The highest BCUT2D eigenvalue weighted by Gasteiger charge is 2.13. The average Bonchev–Trinajstić information content (AvgIpc) is 2.56. The second kappa shape index (κ2) is 8.03. The summed E-state index contributed by atoms with van der Waals surface area (Å²) in [7, 11) is -3.52. The summed E-state index contributed by atoms with van der Waals surface area (Å²) in [6.45, 7) is 2.40. The molecule has 24 heavy (non-hydrogen) atoms. The Hall–Kier alpha value is -2.25. The van der Waals surface area contributed by atoms with Crippen LogP contribution in [-0.4, -0.2) is 27.4 Å². The van der Waals surface area contributed by atoms with Gasteiger partial charge >= 0.3 is 0 Å². The molecule has 0 saturated heterocycles. The zero-order chi connectivity index (χ0) is 17.6. The summed E-state index contributed by atoms with van der Waals surface area (Å²) in [5.74, 6) is -0.583. The van der Waals surface area contributed by atoms with Gasteiger partial charge < -0.3 is 5.32 Å². The van der Waals surface area contributed by atoms with Crippen molar-refractivity contribution in [3.05, 3.63) is 65.5 Å². The quantitative estimate of drug-likeness (QED) is 0.803. The Morgan fingerprint density at radius 3 is 2.25 bits per heavy atom. The fourth-order valence-corrected chi connectivity index (χ4v) is 3.17. The molecule has 0 heterocycles. The molecule has 0 unspecified atom stereocenters. The number of carbonyl (C=O) groups is 1. The van der Waals surface area contributed by atoms with Gasteiger partial charge in [0.05, 0.1) is 4.90 Å². The molecule has 5 nitrogen and oxygen atoms in total. The van der Waals surface area contributed by atoms with Crippen molar-refractivity contribution in [2.75, 3.05) is 13.1 Å². The molecule has 7 heteroatoms. The van der Waals surface area contributed by atoms with Gasteiger partial charge in [-0.05, 0) is 48.4 Å². The highest BCUT2D eigenvalue weighted by Crippen LogP contribution is 2.10. The Balaban J connectivity index is 1.92. The number of nitrogens with one attached hydrogen (secondary N) is 2. The van der Waals surface area contributed by atoms with Crippen LogP contribution in [0.2, 0.25) is 0 Å². The standard InChI is InChI=1S/C17H19FN2O3S/c1-2-20-24(22,23)16-9-5-14(6-10-16)17(21)19-12-11-13-3-7-15(18)8-4-13/h3-10,20H,2,11-12H2,1H3,(H,19,21). The molecule has 2 N–H and O–H groups in total. The van der Waals surface area contributed by atoms with Gasteiger partial charge in [-0.3, -0.25) is 4.79 Å². The molecule has 0 aliphatic heterocycles. The molecule has 0 spiro atoms. The van der Waals surface area contributed by atoms with Gasteiger partial charge in [0.15, 0.2) is 0 Å². The highest BCUT2D eigenvalue weighted by molar-refractivity contribution is 7.89. The third-order valence-electron chi connectivity index (χ3n) is 3.37. The Bertz CT molecular complexity index is 788. The van der Waals surface area contributed by atoms with Crippen molar-refractivity contribution in [2.24, 2.45) is 0 Å². The number of halogens is 1. The SMILES string of the molecule is CCNS(=O)(=O)c1ccc(C(=O)NCCc2ccc(F)cc2)cc1. The maximum Gasteiger partial charge on any atom is 0.251 e. The minimum absolute atomic E-state index is 0.118. The van der Waals surface area contributed by atoms with Gasteiger partial charge in [0.1, 0.15) is 5.82 Å². The van der Waals surface area contributed by atoms with Gasteiger partial charge in [-0.2, -0.15) is 0 Å².